The molecule has 0 fully saturated rings. The number of halogens is 1. The summed E-state index contributed by atoms with van der Waals surface area (Å²) in [5, 5.41) is 4.95. The number of alkyl halides is 1. The minimum atomic E-state index is -0.536. The van der Waals surface area contributed by atoms with Gasteiger partial charge in [0.15, 0.2) is 0 Å². The Kier molecular flexibility index (Phi) is 3.17. The number of hydrogen-bond acceptors (Lipinski definition) is 1. The normalized spacial score (nSPS) is 20.5. The fourth-order valence-electron chi connectivity index (χ4n) is 3.30. The molecule has 3 aromatic rings. The van der Waals surface area contributed by atoms with Crippen LogP contribution in [-0.2, 0) is 0 Å². The van der Waals surface area contributed by atoms with Crippen LogP contribution in [0.25, 0.3) is 22.4 Å². The maximum Gasteiger partial charge on any atom is 0.102 e. The molecule has 0 heterocycles. The molecule has 0 amide bonds. The third kappa shape index (κ3) is 2.11. The second-order valence-corrected chi connectivity index (χ2v) is 7.17. The van der Waals surface area contributed by atoms with Crippen molar-refractivity contribution < 1.29 is 0 Å². The van der Waals surface area contributed by atoms with Gasteiger partial charge in [0, 0.05) is 0 Å². The Labute approximate surface area is 137 Å². The van der Waals surface area contributed by atoms with Crippen LogP contribution in [0.2, 0.25) is 0 Å². The van der Waals surface area contributed by atoms with Gasteiger partial charge in [0.1, 0.15) is 4.45 Å². The molecule has 1 nitrogen and oxygen atoms in total. The van der Waals surface area contributed by atoms with Crippen molar-refractivity contribution in [3.05, 3.63) is 82.7 Å². The molecule has 0 spiro atoms. The standard InChI is InChI=1S/C20H16BrN/c21-20(22)13-12-15-7-2-4-10-17(15)19(20)18-11-5-8-14-6-1-3-9-16(14)18/h1-12H,13,22H2. The number of hydrogen-bond donors (Lipinski definition) is 1. The van der Waals surface area contributed by atoms with Crippen LogP contribution in [-0.4, -0.2) is 4.45 Å². The molecule has 4 rings (SSSR count). The zero-order valence-electron chi connectivity index (χ0n) is 12.1. The molecule has 0 bridgehead atoms. The second-order valence-electron chi connectivity index (χ2n) is 5.76. The van der Waals surface area contributed by atoms with Crippen LogP contribution in [0.1, 0.15) is 12.0 Å². The highest BCUT2D eigenvalue weighted by Gasteiger charge is 2.30. The van der Waals surface area contributed by atoms with Crippen LogP contribution in [0.5, 0.6) is 0 Å². The van der Waals surface area contributed by atoms with Crippen LogP contribution in [0.3, 0.4) is 0 Å². The molecule has 1 atom stereocenters. The van der Waals surface area contributed by atoms with E-state index in [2.05, 4.69) is 88.7 Å². The quantitative estimate of drug-likeness (QED) is 0.529. The lowest BCUT2D eigenvalue weighted by atomic mass is 9.87. The van der Waals surface area contributed by atoms with E-state index in [4.69, 9.17) is 5.73 Å². The van der Waals surface area contributed by atoms with Crippen molar-refractivity contribution in [2.75, 3.05) is 0 Å². The van der Waals surface area contributed by atoms with E-state index < -0.39 is 4.45 Å². The number of rotatable bonds is 1. The average molecular weight is 350 g/mol. The molecule has 22 heavy (non-hydrogen) atoms. The van der Waals surface area contributed by atoms with Crippen LogP contribution < -0.4 is 16.2 Å². The lowest BCUT2D eigenvalue weighted by Crippen LogP contribution is -2.45. The minimum absolute atomic E-state index is 0.536. The molecule has 0 aliphatic heterocycles. The molecule has 1 aliphatic rings. The molecule has 2 heteroatoms. The SMILES string of the molecule is NC1(Br)CC=c2ccccc2=C1c1cccc2ccccc12. The van der Waals surface area contributed by atoms with Gasteiger partial charge in [-0.2, -0.15) is 0 Å². The first kappa shape index (κ1) is 13.7. The van der Waals surface area contributed by atoms with Crippen molar-refractivity contribution in [2.45, 2.75) is 10.9 Å². The third-order valence-corrected chi connectivity index (χ3v) is 5.04. The zero-order valence-corrected chi connectivity index (χ0v) is 13.7. The molecular weight excluding hydrogens is 334 g/mol. The molecule has 108 valence electrons. The topological polar surface area (TPSA) is 26.0 Å². The summed E-state index contributed by atoms with van der Waals surface area (Å²) in [6, 6.07) is 23.4. The van der Waals surface area contributed by atoms with Crippen molar-refractivity contribution in [3.63, 3.8) is 0 Å². The first-order valence-corrected chi connectivity index (χ1v) is 8.22. The maximum atomic E-state index is 6.61. The predicted molar refractivity (Wildman–Crippen MR) is 97.1 cm³/mol. The maximum absolute atomic E-state index is 6.61. The smallest absolute Gasteiger partial charge is 0.102 e. The van der Waals surface area contributed by atoms with Gasteiger partial charge in [-0.25, -0.2) is 0 Å². The Morgan fingerprint density at radius 2 is 1.59 bits per heavy atom. The molecule has 0 saturated heterocycles. The molecule has 0 saturated carbocycles. The van der Waals surface area contributed by atoms with E-state index >= 15 is 0 Å². The van der Waals surface area contributed by atoms with E-state index in [9.17, 15) is 0 Å². The van der Waals surface area contributed by atoms with Gasteiger partial charge in [-0.1, -0.05) is 88.7 Å². The largest absolute Gasteiger partial charge is 0.312 e. The van der Waals surface area contributed by atoms with Crippen LogP contribution in [0, 0.1) is 0 Å². The Morgan fingerprint density at radius 1 is 0.864 bits per heavy atom. The number of nitrogens with two attached hydrogens (primary N) is 1. The van der Waals surface area contributed by atoms with Crippen molar-refractivity contribution in [1.82, 2.24) is 0 Å². The van der Waals surface area contributed by atoms with Gasteiger partial charge in [-0.05, 0) is 38.8 Å². The van der Waals surface area contributed by atoms with E-state index in [-0.39, 0.29) is 0 Å². The minimum Gasteiger partial charge on any atom is -0.312 e. The lowest BCUT2D eigenvalue weighted by Gasteiger charge is -2.29. The van der Waals surface area contributed by atoms with Gasteiger partial charge >= 0.3 is 0 Å². The monoisotopic (exact) mass is 349 g/mol. The Morgan fingerprint density at radius 3 is 2.50 bits per heavy atom. The highest BCUT2D eigenvalue weighted by Crippen LogP contribution is 2.36. The highest BCUT2D eigenvalue weighted by atomic mass is 79.9. The third-order valence-electron chi connectivity index (χ3n) is 4.32. The zero-order chi connectivity index (χ0) is 15.2. The van der Waals surface area contributed by atoms with Crippen LogP contribution in [0.15, 0.2) is 66.7 Å². The molecule has 3 aromatic carbocycles. The molecule has 0 radical (unpaired) electrons. The van der Waals surface area contributed by atoms with Gasteiger partial charge in [0.2, 0.25) is 0 Å². The second kappa shape index (κ2) is 5.08. The Hall–Kier alpha value is -1.90. The summed E-state index contributed by atoms with van der Waals surface area (Å²) in [7, 11) is 0. The average Bonchev–Trinajstić information content (AvgIpc) is 2.54. The number of fused-ring (bicyclic) bond motifs is 2. The summed E-state index contributed by atoms with van der Waals surface area (Å²) >= 11 is 3.76. The van der Waals surface area contributed by atoms with E-state index in [1.54, 1.807) is 0 Å². The van der Waals surface area contributed by atoms with E-state index in [0.717, 1.165) is 6.42 Å². The van der Waals surface area contributed by atoms with E-state index in [1.165, 1.54) is 32.3 Å². The summed E-state index contributed by atoms with van der Waals surface area (Å²) in [5.74, 6) is 0. The highest BCUT2D eigenvalue weighted by molar-refractivity contribution is 9.10. The number of benzene rings is 3. The predicted octanol–water partition coefficient (Wildman–Crippen LogP) is 3.27. The Balaban J connectivity index is 2.19. The lowest BCUT2D eigenvalue weighted by molar-refractivity contribution is 0.811. The molecule has 0 aromatic heterocycles. The van der Waals surface area contributed by atoms with Crippen molar-refractivity contribution >= 4 is 38.4 Å². The molecule has 1 aliphatic carbocycles. The summed E-state index contributed by atoms with van der Waals surface area (Å²) < 4.78 is -0.536. The molecule has 2 N–H and O–H groups in total. The van der Waals surface area contributed by atoms with Crippen LogP contribution >= 0.6 is 15.9 Å². The van der Waals surface area contributed by atoms with Gasteiger partial charge in [0.05, 0.1) is 0 Å². The summed E-state index contributed by atoms with van der Waals surface area (Å²) in [5.41, 5.74) is 8.98. The summed E-state index contributed by atoms with van der Waals surface area (Å²) in [6.07, 6.45) is 2.99. The molecular formula is C20H16BrN. The van der Waals surface area contributed by atoms with Crippen molar-refractivity contribution in [1.29, 1.82) is 0 Å². The van der Waals surface area contributed by atoms with Crippen molar-refractivity contribution in [2.24, 2.45) is 5.73 Å². The first-order chi connectivity index (χ1) is 10.7. The van der Waals surface area contributed by atoms with E-state index in [0.29, 0.717) is 0 Å². The van der Waals surface area contributed by atoms with E-state index in [1.807, 2.05) is 0 Å². The van der Waals surface area contributed by atoms with Gasteiger partial charge in [-0.15, -0.1) is 0 Å². The van der Waals surface area contributed by atoms with Gasteiger partial charge in [-0.3, -0.25) is 0 Å². The molecule has 1 unspecified atom stereocenters. The van der Waals surface area contributed by atoms with Crippen LogP contribution in [0.4, 0.5) is 0 Å². The fourth-order valence-corrected chi connectivity index (χ4v) is 3.89. The summed E-state index contributed by atoms with van der Waals surface area (Å²) in [6.45, 7) is 0. The van der Waals surface area contributed by atoms with Gasteiger partial charge in [0.25, 0.3) is 0 Å². The Bertz CT molecular complexity index is 981. The van der Waals surface area contributed by atoms with Gasteiger partial charge < -0.3 is 5.73 Å². The summed E-state index contributed by atoms with van der Waals surface area (Å²) in [4.78, 5) is 0. The van der Waals surface area contributed by atoms with Crippen molar-refractivity contribution in [3.8, 4) is 0 Å². The first-order valence-electron chi connectivity index (χ1n) is 7.43. The fraction of sp³-hybridized carbons (Fsp3) is 0.100.